The highest BCUT2D eigenvalue weighted by Crippen LogP contribution is 2.13. The van der Waals surface area contributed by atoms with Crippen LogP contribution in [0, 0.1) is 12.7 Å². The maximum absolute atomic E-state index is 12.9. The monoisotopic (exact) mass is 225 g/mol. The summed E-state index contributed by atoms with van der Waals surface area (Å²) < 4.78 is 12.9. The van der Waals surface area contributed by atoms with E-state index in [-0.39, 0.29) is 5.82 Å². The summed E-state index contributed by atoms with van der Waals surface area (Å²) in [4.78, 5) is 12.5. The number of benzene rings is 1. The van der Waals surface area contributed by atoms with Crippen molar-refractivity contribution in [3.05, 3.63) is 35.1 Å². The lowest BCUT2D eigenvalue weighted by atomic mass is 10.1. The third-order valence-electron chi connectivity index (χ3n) is 2.74. The van der Waals surface area contributed by atoms with Crippen molar-refractivity contribution in [2.75, 3.05) is 7.05 Å². The molecule has 0 aromatic heterocycles. The quantitative estimate of drug-likeness (QED) is 0.852. The predicted octanol–water partition coefficient (Wildman–Crippen LogP) is 2.04. The lowest BCUT2D eigenvalue weighted by Crippen LogP contribution is -2.35. The highest BCUT2D eigenvalue weighted by molar-refractivity contribution is 5.72. The van der Waals surface area contributed by atoms with Gasteiger partial charge in [-0.05, 0) is 44.2 Å². The predicted molar refractivity (Wildman–Crippen MR) is 59.7 cm³/mol. The molecule has 1 unspecified atom stereocenters. The Labute approximate surface area is 94.5 Å². The molecule has 16 heavy (non-hydrogen) atoms. The van der Waals surface area contributed by atoms with E-state index in [1.165, 1.54) is 12.1 Å². The van der Waals surface area contributed by atoms with Gasteiger partial charge in [0.2, 0.25) is 0 Å². The number of carboxylic acid groups (broad SMARTS) is 1. The van der Waals surface area contributed by atoms with Crippen molar-refractivity contribution in [3.8, 4) is 0 Å². The topological polar surface area (TPSA) is 40.5 Å². The van der Waals surface area contributed by atoms with E-state index in [9.17, 15) is 9.18 Å². The third-order valence-corrected chi connectivity index (χ3v) is 2.74. The van der Waals surface area contributed by atoms with Gasteiger partial charge < -0.3 is 5.11 Å². The number of nitrogens with zero attached hydrogens (tertiary/aromatic N) is 1. The van der Waals surface area contributed by atoms with Gasteiger partial charge in [-0.2, -0.15) is 0 Å². The van der Waals surface area contributed by atoms with Crippen LogP contribution in [0.5, 0.6) is 0 Å². The summed E-state index contributed by atoms with van der Waals surface area (Å²) in [7, 11) is 1.74. The number of carboxylic acids is 1. The molecular formula is C12H16FNO2. The molecule has 1 aromatic carbocycles. The van der Waals surface area contributed by atoms with E-state index in [1.54, 1.807) is 24.9 Å². The maximum atomic E-state index is 12.9. The van der Waals surface area contributed by atoms with Gasteiger partial charge in [0.1, 0.15) is 11.9 Å². The lowest BCUT2D eigenvalue weighted by molar-refractivity contribution is -0.142. The fourth-order valence-electron chi connectivity index (χ4n) is 1.43. The minimum absolute atomic E-state index is 0.268. The first-order valence-electron chi connectivity index (χ1n) is 5.10. The van der Waals surface area contributed by atoms with Gasteiger partial charge in [0.15, 0.2) is 0 Å². The van der Waals surface area contributed by atoms with Gasteiger partial charge in [-0.25, -0.2) is 4.39 Å². The Hall–Kier alpha value is -1.42. The number of rotatable bonds is 4. The van der Waals surface area contributed by atoms with E-state index in [2.05, 4.69) is 0 Å². The molecule has 1 atom stereocenters. The van der Waals surface area contributed by atoms with E-state index >= 15 is 0 Å². The molecule has 0 aliphatic carbocycles. The Morgan fingerprint density at radius 2 is 2.19 bits per heavy atom. The van der Waals surface area contributed by atoms with Crippen LogP contribution in [-0.2, 0) is 11.3 Å². The molecule has 3 nitrogen and oxygen atoms in total. The van der Waals surface area contributed by atoms with Gasteiger partial charge in [0, 0.05) is 6.54 Å². The fraction of sp³-hybridized carbons (Fsp3) is 0.417. The molecule has 0 bridgehead atoms. The highest BCUT2D eigenvalue weighted by Gasteiger charge is 2.17. The normalized spacial score (nSPS) is 12.8. The second-order valence-electron chi connectivity index (χ2n) is 4.00. The van der Waals surface area contributed by atoms with Gasteiger partial charge in [0.25, 0.3) is 0 Å². The number of hydrogen-bond acceptors (Lipinski definition) is 2. The van der Waals surface area contributed by atoms with E-state index in [0.29, 0.717) is 6.54 Å². The Morgan fingerprint density at radius 3 is 2.69 bits per heavy atom. The summed E-state index contributed by atoms with van der Waals surface area (Å²) in [6.07, 6.45) is 0. The number of aryl methyl sites for hydroxylation is 1. The van der Waals surface area contributed by atoms with Crippen LogP contribution in [0.25, 0.3) is 0 Å². The van der Waals surface area contributed by atoms with Crippen LogP contribution in [0.4, 0.5) is 4.39 Å². The molecule has 0 saturated carbocycles. The van der Waals surface area contributed by atoms with Gasteiger partial charge in [-0.15, -0.1) is 0 Å². The maximum Gasteiger partial charge on any atom is 0.320 e. The van der Waals surface area contributed by atoms with Crippen molar-refractivity contribution in [2.24, 2.45) is 0 Å². The standard InChI is InChI=1S/C12H16FNO2/c1-8-6-11(13)5-4-10(8)7-14(3)9(2)12(15)16/h4-6,9H,7H2,1-3H3,(H,15,16). The largest absolute Gasteiger partial charge is 0.480 e. The van der Waals surface area contributed by atoms with Gasteiger partial charge in [0.05, 0.1) is 0 Å². The zero-order valence-electron chi connectivity index (χ0n) is 9.70. The Morgan fingerprint density at radius 1 is 1.56 bits per heavy atom. The van der Waals surface area contributed by atoms with Gasteiger partial charge >= 0.3 is 5.97 Å². The zero-order chi connectivity index (χ0) is 12.3. The van der Waals surface area contributed by atoms with Crippen molar-refractivity contribution in [1.29, 1.82) is 0 Å². The second kappa shape index (κ2) is 5.07. The minimum Gasteiger partial charge on any atom is -0.480 e. The summed E-state index contributed by atoms with van der Waals surface area (Å²) in [5.41, 5.74) is 1.78. The van der Waals surface area contributed by atoms with Crippen LogP contribution in [0.1, 0.15) is 18.1 Å². The molecule has 0 heterocycles. The molecule has 0 amide bonds. The molecule has 1 rings (SSSR count). The van der Waals surface area contributed by atoms with Crippen LogP contribution in [0.3, 0.4) is 0 Å². The molecule has 0 aliphatic heterocycles. The van der Waals surface area contributed by atoms with Crippen molar-refractivity contribution in [1.82, 2.24) is 4.90 Å². The molecule has 1 aromatic rings. The SMILES string of the molecule is Cc1cc(F)ccc1CN(C)C(C)C(=O)O. The highest BCUT2D eigenvalue weighted by atomic mass is 19.1. The van der Waals surface area contributed by atoms with Gasteiger partial charge in [-0.1, -0.05) is 6.07 Å². The first kappa shape index (κ1) is 12.6. The lowest BCUT2D eigenvalue weighted by Gasteiger charge is -2.21. The van der Waals surface area contributed by atoms with Gasteiger partial charge in [-0.3, -0.25) is 9.69 Å². The number of carbonyl (C=O) groups is 1. The first-order valence-corrected chi connectivity index (χ1v) is 5.10. The first-order chi connectivity index (χ1) is 7.41. The van der Waals surface area contributed by atoms with E-state index in [1.807, 2.05) is 6.92 Å². The molecule has 0 saturated heterocycles. The van der Waals surface area contributed by atoms with Crippen LogP contribution < -0.4 is 0 Å². The van der Waals surface area contributed by atoms with Crippen LogP contribution in [0.15, 0.2) is 18.2 Å². The van der Waals surface area contributed by atoms with E-state index in [4.69, 9.17) is 5.11 Å². The average molecular weight is 225 g/mol. The van der Waals surface area contributed by atoms with Crippen molar-refractivity contribution in [3.63, 3.8) is 0 Å². The molecule has 4 heteroatoms. The fourth-order valence-corrected chi connectivity index (χ4v) is 1.43. The summed E-state index contributed by atoms with van der Waals surface area (Å²) in [5.74, 6) is -1.13. The number of hydrogen-bond donors (Lipinski definition) is 1. The Balaban J connectivity index is 2.77. The van der Waals surface area contributed by atoms with Crippen LogP contribution >= 0.6 is 0 Å². The molecule has 0 spiro atoms. The summed E-state index contributed by atoms with van der Waals surface area (Å²) in [6.45, 7) is 3.94. The molecular weight excluding hydrogens is 209 g/mol. The molecule has 0 aliphatic rings. The zero-order valence-corrected chi connectivity index (χ0v) is 9.70. The second-order valence-corrected chi connectivity index (χ2v) is 4.00. The van der Waals surface area contributed by atoms with Crippen LogP contribution in [0.2, 0.25) is 0 Å². The summed E-state index contributed by atoms with van der Waals surface area (Å²) in [5, 5.41) is 8.84. The van der Waals surface area contributed by atoms with Crippen molar-refractivity contribution in [2.45, 2.75) is 26.4 Å². The van der Waals surface area contributed by atoms with E-state index < -0.39 is 12.0 Å². The number of likely N-dealkylation sites (N-methyl/N-ethyl adjacent to an activating group) is 1. The third kappa shape index (κ3) is 3.03. The average Bonchev–Trinajstić information content (AvgIpc) is 2.20. The molecule has 0 radical (unpaired) electrons. The molecule has 0 fully saturated rings. The van der Waals surface area contributed by atoms with Crippen LogP contribution in [-0.4, -0.2) is 29.1 Å². The van der Waals surface area contributed by atoms with E-state index in [0.717, 1.165) is 11.1 Å². The minimum atomic E-state index is -0.859. The Kier molecular flexibility index (Phi) is 4.01. The summed E-state index contributed by atoms with van der Waals surface area (Å²) in [6, 6.07) is 3.98. The molecule has 1 N–H and O–H groups in total. The van der Waals surface area contributed by atoms with Crippen molar-refractivity contribution < 1.29 is 14.3 Å². The number of halogens is 1. The van der Waals surface area contributed by atoms with Crippen molar-refractivity contribution >= 4 is 5.97 Å². The number of aliphatic carboxylic acids is 1. The summed E-state index contributed by atoms with van der Waals surface area (Å²) >= 11 is 0. The molecule has 88 valence electrons. The Bertz CT molecular complexity index is 393. The smallest absolute Gasteiger partial charge is 0.320 e.